The van der Waals surface area contributed by atoms with E-state index < -0.39 is 0 Å². The van der Waals surface area contributed by atoms with Crippen LogP contribution in [0.2, 0.25) is 0 Å². The van der Waals surface area contributed by atoms with E-state index in [2.05, 4.69) is 26.3 Å². The van der Waals surface area contributed by atoms with E-state index in [0.717, 1.165) is 30.9 Å². The zero-order valence-electron chi connectivity index (χ0n) is 11.2. The van der Waals surface area contributed by atoms with Gasteiger partial charge in [-0.25, -0.2) is 9.97 Å². The van der Waals surface area contributed by atoms with E-state index in [4.69, 9.17) is 0 Å². The monoisotopic (exact) mass is 254 g/mol. The Bertz CT molecular complexity index is 563. The van der Waals surface area contributed by atoms with E-state index in [-0.39, 0.29) is 0 Å². The molecule has 2 aromatic rings. The van der Waals surface area contributed by atoms with Crippen LogP contribution in [-0.4, -0.2) is 15.0 Å². The van der Waals surface area contributed by atoms with Crippen molar-refractivity contribution in [3.63, 3.8) is 0 Å². The molecule has 19 heavy (non-hydrogen) atoms. The lowest BCUT2D eigenvalue weighted by Gasteiger charge is -2.18. The lowest BCUT2D eigenvalue weighted by molar-refractivity contribution is 0.663. The molecule has 4 heteroatoms. The zero-order chi connectivity index (χ0) is 13.1. The summed E-state index contributed by atoms with van der Waals surface area (Å²) >= 11 is 0. The van der Waals surface area contributed by atoms with Crippen LogP contribution in [0.5, 0.6) is 0 Å². The molecule has 1 aliphatic carbocycles. The number of hydrogen-bond donors (Lipinski definition) is 1. The fourth-order valence-corrected chi connectivity index (χ4v) is 2.46. The SMILES string of the molecule is Cc1ccc(CNc2ncnc3c2CCCC3)cn1. The molecule has 1 aliphatic rings. The summed E-state index contributed by atoms with van der Waals surface area (Å²) in [6.07, 6.45) is 8.23. The van der Waals surface area contributed by atoms with E-state index in [1.807, 2.05) is 19.2 Å². The molecule has 0 saturated heterocycles. The van der Waals surface area contributed by atoms with Crippen molar-refractivity contribution < 1.29 is 0 Å². The molecule has 0 fully saturated rings. The average molecular weight is 254 g/mol. The molecule has 0 bridgehead atoms. The van der Waals surface area contributed by atoms with Gasteiger partial charge in [0.1, 0.15) is 12.1 Å². The second kappa shape index (κ2) is 5.34. The molecule has 0 radical (unpaired) electrons. The Morgan fingerprint density at radius 3 is 2.84 bits per heavy atom. The lowest BCUT2D eigenvalue weighted by atomic mass is 9.96. The van der Waals surface area contributed by atoms with Crippen LogP contribution in [-0.2, 0) is 19.4 Å². The first-order valence-electron chi connectivity index (χ1n) is 6.81. The van der Waals surface area contributed by atoms with Gasteiger partial charge in [0.2, 0.25) is 0 Å². The van der Waals surface area contributed by atoms with E-state index >= 15 is 0 Å². The largest absolute Gasteiger partial charge is 0.366 e. The van der Waals surface area contributed by atoms with Gasteiger partial charge in [-0.15, -0.1) is 0 Å². The highest BCUT2D eigenvalue weighted by molar-refractivity contribution is 5.47. The van der Waals surface area contributed by atoms with Gasteiger partial charge in [-0.1, -0.05) is 6.07 Å². The van der Waals surface area contributed by atoms with Gasteiger partial charge in [-0.3, -0.25) is 4.98 Å². The van der Waals surface area contributed by atoms with E-state index in [9.17, 15) is 0 Å². The number of anilines is 1. The van der Waals surface area contributed by atoms with Crippen molar-refractivity contribution in [2.75, 3.05) is 5.32 Å². The highest BCUT2D eigenvalue weighted by Gasteiger charge is 2.14. The fourth-order valence-electron chi connectivity index (χ4n) is 2.46. The Hall–Kier alpha value is -1.97. The van der Waals surface area contributed by atoms with Crippen LogP contribution in [0.3, 0.4) is 0 Å². The van der Waals surface area contributed by atoms with Crippen LogP contribution in [0.1, 0.15) is 35.4 Å². The Labute approximate surface area is 113 Å². The number of pyridine rings is 1. The molecule has 0 aliphatic heterocycles. The van der Waals surface area contributed by atoms with Crippen molar-refractivity contribution in [2.24, 2.45) is 0 Å². The zero-order valence-corrected chi connectivity index (χ0v) is 11.2. The molecule has 0 amide bonds. The number of nitrogens with zero attached hydrogens (tertiary/aromatic N) is 3. The Balaban J connectivity index is 1.75. The summed E-state index contributed by atoms with van der Waals surface area (Å²) in [5.74, 6) is 0.991. The Kier molecular flexibility index (Phi) is 3.40. The predicted octanol–water partition coefficient (Wildman–Crippen LogP) is 2.67. The summed E-state index contributed by atoms with van der Waals surface area (Å²) in [7, 11) is 0. The molecular formula is C15H18N4. The highest BCUT2D eigenvalue weighted by atomic mass is 15.0. The number of aromatic nitrogens is 3. The second-order valence-electron chi connectivity index (χ2n) is 5.02. The number of rotatable bonds is 3. The van der Waals surface area contributed by atoms with Crippen LogP contribution in [0, 0.1) is 6.92 Å². The summed E-state index contributed by atoms with van der Waals surface area (Å²) in [5.41, 5.74) is 4.73. The molecule has 2 aromatic heterocycles. The van der Waals surface area contributed by atoms with E-state index in [1.54, 1.807) is 6.33 Å². The molecule has 98 valence electrons. The first kappa shape index (κ1) is 12.1. The third kappa shape index (κ3) is 2.72. The maximum Gasteiger partial charge on any atom is 0.133 e. The second-order valence-corrected chi connectivity index (χ2v) is 5.02. The Morgan fingerprint density at radius 2 is 2.00 bits per heavy atom. The maximum atomic E-state index is 4.38. The number of nitrogens with one attached hydrogen (secondary N) is 1. The molecule has 4 nitrogen and oxygen atoms in total. The summed E-state index contributed by atoms with van der Waals surface area (Å²) in [5, 5.41) is 3.42. The minimum atomic E-state index is 0.761. The topological polar surface area (TPSA) is 50.7 Å². The normalized spacial score (nSPS) is 13.9. The summed E-state index contributed by atoms with van der Waals surface area (Å²) in [6, 6.07) is 4.13. The van der Waals surface area contributed by atoms with Gasteiger partial charge in [-0.2, -0.15) is 0 Å². The van der Waals surface area contributed by atoms with Crippen LogP contribution < -0.4 is 5.32 Å². The van der Waals surface area contributed by atoms with Crippen molar-refractivity contribution in [2.45, 2.75) is 39.2 Å². The van der Waals surface area contributed by atoms with Crippen LogP contribution in [0.25, 0.3) is 0 Å². The van der Waals surface area contributed by atoms with E-state index in [0.29, 0.717) is 0 Å². The van der Waals surface area contributed by atoms with Gasteiger partial charge in [0, 0.05) is 29.7 Å². The van der Waals surface area contributed by atoms with Crippen LogP contribution in [0.15, 0.2) is 24.7 Å². The molecule has 2 heterocycles. The predicted molar refractivity (Wildman–Crippen MR) is 75.0 cm³/mol. The Morgan fingerprint density at radius 1 is 1.11 bits per heavy atom. The lowest BCUT2D eigenvalue weighted by Crippen LogP contribution is -2.12. The first-order valence-corrected chi connectivity index (χ1v) is 6.81. The number of hydrogen-bond acceptors (Lipinski definition) is 4. The van der Waals surface area contributed by atoms with Crippen molar-refractivity contribution in [3.8, 4) is 0 Å². The fraction of sp³-hybridized carbons (Fsp3) is 0.400. The molecule has 0 saturated carbocycles. The van der Waals surface area contributed by atoms with Crippen LogP contribution >= 0.6 is 0 Å². The summed E-state index contributed by atoms with van der Waals surface area (Å²) in [4.78, 5) is 13.1. The standard InChI is InChI=1S/C15H18N4/c1-11-6-7-12(8-16-11)9-17-15-13-4-2-3-5-14(13)18-10-19-15/h6-8,10H,2-5,9H2,1H3,(H,17,18,19). The molecule has 0 aromatic carbocycles. The van der Waals surface area contributed by atoms with Gasteiger partial charge < -0.3 is 5.32 Å². The molecule has 0 atom stereocenters. The van der Waals surface area contributed by atoms with Gasteiger partial charge in [-0.05, 0) is 44.2 Å². The quantitative estimate of drug-likeness (QED) is 0.915. The molecule has 0 unspecified atom stereocenters. The van der Waals surface area contributed by atoms with Gasteiger partial charge >= 0.3 is 0 Å². The first-order chi connectivity index (χ1) is 9.33. The van der Waals surface area contributed by atoms with Crippen molar-refractivity contribution in [1.29, 1.82) is 0 Å². The minimum absolute atomic E-state index is 0.761. The third-order valence-corrected chi connectivity index (χ3v) is 3.56. The summed E-state index contributed by atoms with van der Waals surface area (Å²) in [6.45, 7) is 2.76. The maximum absolute atomic E-state index is 4.38. The van der Waals surface area contributed by atoms with Gasteiger partial charge in [0.05, 0.1) is 0 Å². The molecule has 0 spiro atoms. The van der Waals surface area contributed by atoms with Crippen molar-refractivity contribution >= 4 is 5.82 Å². The molecule has 3 rings (SSSR count). The average Bonchev–Trinajstić information content (AvgIpc) is 2.47. The number of aryl methyl sites for hydroxylation is 2. The smallest absolute Gasteiger partial charge is 0.133 e. The van der Waals surface area contributed by atoms with Crippen LogP contribution in [0.4, 0.5) is 5.82 Å². The van der Waals surface area contributed by atoms with E-state index in [1.165, 1.54) is 29.7 Å². The van der Waals surface area contributed by atoms with Crippen molar-refractivity contribution in [1.82, 2.24) is 15.0 Å². The highest BCUT2D eigenvalue weighted by Crippen LogP contribution is 2.24. The third-order valence-electron chi connectivity index (χ3n) is 3.56. The molecule has 1 N–H and O–H groups in total. The van der Waals surface area contributed by atoms with Gasteiger partial charge in [0.15, 0.2) is 0 Å². The number of fused-ring (bicyclic) bond motifs is 1. The minimum Gasteiger partial charge on any atom is -0.366 e. The summed E-state index contributed by atoms with van der Waals surface area (Å²) < 4.78 is 0. The molecular weight excluding hydrogens is 236 g/mol. The van der Waals surface area contributed by atoms with Crippen molar-refractivity contribution in [3.05, 3.63) is 47.2 Å². The van der Waals surface area contributed by atoms with Gasteiger partial charge in [0.25, 0.3) is 0 Å².